The average Bonchev–Trinajstić information content (AvgIpc) is 4.06. The largest absolute Gasteiger partial charge is 0.748 e. The van der Waals surface area contributed by atoms with Crippen LogP contribution in [0.25, 0.3) is 22.8 Å². The van der Waals surface area contributed by atoms with Crippen molar-refractivity contribution in [3.63, 3.8) is 0 Å². The smallest absolute Gasteiger partial charge is 0.252 e. The number of pyridine rings is 3. The number of rotatable bonds is 18. The minimum absolute atomic E-state index is 0. The normalized spacial score (nSPS) is 11.0. The number of para-hydroxylation sites is 2. The third-order valence-corrected chi connectivity index (χ3v) is 11.5. The number of unbranched alkanes of at least 4 members (excludes halogenated alkanes) is 1. The number of nitrogens with one attached hydrogen (secondary N) is 3. The number of carbonyl (C=O) groups is 3. The first kappa shape index (κ1) is 51.6. The maximum Gasteiger partial charge on any atom is 0.252 e. The van der Waals surface area contributed by atoms with E-state index in [0.717, 1.165) is 22.0 Å². The second-order valence-corrected chi connectivity index (χ2v) is 17.4. The molecule has 7 rings (SSSR count). The molecule has 0 aliphatic rings. The fourth-order valence-electron chi connectivity index (χ4n) is 5.46. The Hall–Kier alpha value is -6.02. The van der Waals surface area contributed by atoms with Crippen molar-refractivity contribution < 1.29 is 47.5 Å². The summed E-state index contributed by atoms with van der Waals surface area (Å²) in [6, 6.07) is 35.9. The molecule has 0 fully saturated rings. The van der Waals surface area contributed by atoms with Crippen LogP contribution in [0.5, 0.6) is 0 Å². The number of benzene rings is 2. The molecule has 2 aromatic carbocycles. The summed E-state index contributed by atoms with van der Waals surface area (Å²) in [7, 11) is -1.72. The molecule has 0 aliphatic heterocycles. The van der Waals surface area contributed by atoms with Crippen molar-refractivity contribution >= 4 is 49.4 Å². The van der Waals surface area contributed by atoms with Crippen LogP contribution in [0.15, 0.2) is 152 Å². The van der Waals surface area contributed by atoms with E-state index in [4.69, 9.17) is 0 Å². The number of carbonyl (C=O) groups excluding carboxylic acids is 3. The van der Waals surface area contributed by atoms with Gasteiger partial charge in [-0.15, -0.1) is 12.1 Å². The van der Waals surface area contributed by atoms with E-state index in [1.807, 2.05) is 104 Å². The van der Waals surface area contributed by atoms with Crippen molar-refractivity contribution in [2.45, 2.75) is 37.3 Å². The van der Waals surface area contributed by atoms with Gasteiger partial charge in [-0.25, -0.2) is 13.4 Å². The van der Waals surface area contributed by atoms with Gasteiger partial charge >= 0.3 is 0 Å². The molecule has 1 atom stereocenters. The second kappa shape index (κ2) is 28.0. The summed E-state index contributed by atoms with van der Waals surface area (Å²) in [6.45, 7) is 2.52. The molecule has 3 N–H and O–H groups in total. The summed E-state index contributed by atoms with van der Waals surface area (Å²) in [5, 5.41) is 16.7. The maximum atomic E-state index is 12.9. The van der Waals surface area contributed by atoms with Crippen LogP contribution in [-0.2, 0) is 39.8 Å². The van der Waals surface area contributed by atoms with E-state index in [-0.39, 0.29) is 44.5 Å². The minimum atomic E-state index is -4.84. The summed E-state index contributed by atoms with van der Waals surface area (Å²) in [4.78, 5) is 50.2. The monoisotopic (exact) mass is 1110 g/mol. The van der Waals surface area contributed by atoms with E-state index in [9.17, 15) is 27.4 Å². The maximum absolute atomic E-state index is 12.9. The Morgan fingerprint density at radius 1 is 0.738 bits per heavy atom. The van der Waals surface area contributed by atoms with Crippen LogP contribution in [0, 0.1) is 19.1 Å². The van der Waals surface area contributed by atoms with Crippen LogP contribution >= 0.6 is 21.6 Å². The molecule has 0 saturated carbocycles. The molecule has 0 spiro atoms. The Morgan fingerprint density at radius 3 is 1.95 bits per heavy atom. The second-order valence-electron chi connectivity index (χ2n) is 13.5. The topological polar surface area (TPSA) is 219 Å². The summed E-state index contributed by atoms with van der Waals surface area (Å²) in [5.74, 6) is -2.08. The van der Waals surface area contributed by atoms with E-state index in [0.29, 0.717) is 36.5 Å². The molecule has 5 aromatic heterocycles. The van der Waals surface area contributed by atoms with Gasteiger partial charge in [0.1, 0.15) is 11.1 Å². The van der Waals surface area contributed by atoms with Gasteiger partial charge in [0, 0.05) is 94.3 Å². The van der Waals surface area contributed by atoms with Crippen LogP contribution in [-0.4, -0.2) is 95.8 Å². The zero-order valence-electron chi connectivity index (χ0n) is 35.0. The number of nitrogens with zero attached hydrogens (tertiary/aromatic N) is 7. The van der Waals surface area contributed by atoms with E-state index in [1.165, 1.54) is 29.1 Å². The Balaban J connectivity index is 0.000000321. The third-order valence-electron chi connectivity index (χ3n) is 8.50. The third kappa shape index (κ3) is 19.3. The molecular formula is C45H45IrN10O6S3-3. The first-order valence-corrected chi connectivity index (χ1v) is 23.8. The first-order valence-electron chi connectivity index (χ1n) is 19.9. The Kier molecular flexibility index (Phi) is 22.2. The van der Waals surface area contributed by atoms with Gasteiger partial charge in [0.05, 0.1) is 27.3 Å². The van der Waals surface area contributed by atoms with Crippen molar-refractivity contribution in [3.05, 3.63) is 170 Å². The van der Waals surface area contributed by atoms with Crippen LogP contribution in [0.3, 0.4) is 0 Å². The molecule has 1 unspecified atom stereocenters. The van der Waals surface area contributed by atoms with Gasteiger partial charge < -0.3 is 20.5 Å². The first-order chi connectivity index (χ1) is 31.0. The van der Waals surface area contributed by atoms with Crippen molar-refractivity contribution in [2.75, 3.05) is 24.6 Å². The molecule has 0 aliphatic carbocycles. The van der Waals surface area contributed by atoms with E-state index < -0.39 is 33.7 Å². The summed E-state index contributed by atoms with van der Waals surface area (Å²) in [5.41, 5.74) is 3.95. The minimum Gasteiger partial charge on any atom is -0.748 e. The van der Waals surface area contributed by atoms with Gasteiger partial charge in [0.15, 0.2) is 0 Å². The van der Waals surface area contributed by atoms with Crippen molar-refractivity contribution in [1.82, 2.24) is 50.5 Å². The van der Waals surface area contributed by atoms with Gasteiger partial charge in [0.25, 0.3) is 5.91 Å². The van der Waals surface area contributed by atoms with Gasteiger partial charge in [-0.05, 0) is 96.0 Å². The Labute approximate surface area is 399 Å². The average molecular weight is 1110 g/mol. The molecule has 20 heteroatoms. The zero-order valence-corrected chi connectivity index (χ0v) is 39.9. The molecule has 5 heterocycles. The summed E-state index contributed by atoms with van der Waals surface area (Å²) in [6.07, 6.45) is 13.2. The summed E-state index contributed by atoms with van der Waals surface area (Å²) < 4.78 is 37.8. The predicted octanol–water partition coefficient (Wildman–Crippen LogP) is 5.68. The molecule has 7 aromatic rings. The van der Waals surface area contributed by atoms with Crippen molar-refractivity contribution in [1.29, 1.82) is 0 Å². The van der Waals surface area contributed by atoms with Crippen LogP contribution in [0.2, 0.25) is 0 Å². The predicted molar refractivity (Wildman–Crippen MR) is 245 cm³/mol. The van der Waals surface area contributed by atoms with Crippen molar-refractivity contribution in [2.24, 2.45) is 0 Å². The van der Waals surface area contributed by atoms with Gasteiger partial charge in [-0.1, -0.05) is 16.9 Å². The number of hydrogen-bond acceptors (Lipinski definition) is 13. The van der Waals surface area contributed by atoms with Gasteiger partial charge in [-0.3, -0.25) is 33.7 Å². The SMILES string of the molecule is Cc1ccnc(-c2cc(C(=O)NC(CS(=O)(=O)[O-])C(=O)NCCCCC(=O)NCCSSc3ccccn3)ccn2)c1.[Ir].[c-]1ccccc1-n1cccn1.[c-]1ccccc1-n1cccn1. The van der Waals surface area contributed by atoms with Crippen LogP contribution in [0.1, 0.15) is 35.2 Å². The molecular weight excluding hydrogens is 1060 g/mol. The molecule has 3 amide bonds. The fourth-order valence-corrected chi connectivity index (χ4v) is 7.88. The number of amides is 3. The quantitative estimate of drug-likeness (QED) is 0.0409. The number of hydrogen-bond donors (Lipinski definition) is 3. The molecule has 1 radical (unpaired) electrons. The van der Waals surface area contributed by atoms with Crippen molar-refractivity contribution in [3.8, 4) is 22.8 Å². The fraction of sp³-hybridized carbons (Fsp3) is 0.200. The Morgan fingerprint density at radius 2 is 1.38 bits per heavy atom. The number of aryl methyl sites for hydroxylation is 1. The molecule has 65 heavy (non-hydrogen) atoms. The zero-order chi connectivity index (χ0) is 45.4. The van der Waals surface area contributed by atoms with E-state index in [2.05, 4.69) is 53.2 Å². The van der Waals surface area contributed by atoms with Crippen LogP contribution in [0.4, 0.5) is 0 Å². The molecule has 16 nitrogen and oxygen atoms in total. The molecule has 0 saturated heterocycles. The van der Waals surface area contributed by atoms with Gasteiger partial charge in [0.2, 0.25) is 11.8 Å². The Bertz CT molecular complexity index is 2510. The summed E-state index contributed by atoms with van der Waals surface area (Å²) >= 11 is 0. The van der Waals surface area contributed by atoms with Gasteiger partial charge in [-0.2, -0.15) is 58.7 Å². The van der Waals surface area contributed by atoms with E-state index >= 15 is 0 Å². The van der Waals surface area contributed by atoms with Crippen LogP contribution < -0.4 is 16.0 Å². The van der Waals surface area contributed by atoms with E-state index in [1.54, 1.807) is 51.0 Å². The molecule has 341 valence electrons. The molecule has 0 bridgehead atoms. The number of aromatic nitrogens is 7. The standard InChI is InChI=1S/C27H32N6O6S3.2C9H7N2.Ir/c1-19-8-12-28-21(16-19)22-17-20(9-13-29-22)26(35)33-23(18-42(37,38)39)27(36)32-11-4-2-6-24(34)30-14-15-40-41-25-7-3-5-10-31-25;2*1-2-5-9(6-3-1)11-8-4-7-10-11;/h3,5,7-10,12-13,16-17,23H,2,4,6,11,14-15,18H2,1H3,(H,30,34)(H,32,36)(H,33,35)(H,37,38,39);2*1-5,7-8H;/q;2*-1;/p-1.